The molecule has 23 heavy (non-hydrogen) atoms. The van der Waals surface area contributed by atoms with Crippen LogP contribution in [0.3, 0.4) is 0 Å². The maximum atomic E-state index is 11.6. The number of hydrogen-bond acceptors (Lipinski definition) is 5. The van der Waals surface area contributed by atoms with Crippen molar-refractivity contribution < 1.29 is 9.53 Å². The third-order valence-corrected chi connectivity index (χ3v) is 5.26. The van der Waals surface area contributed by atoms with Gasteiger partial charge in [0.25, 0.3) is 0 Å². The van der Waals surface area contributed by atoms with Gasteiger partial charge in [0.05, 0.1) is 18.7 Å². The second-order valence-corrected chi connectivity index (χ2v) is 6.86. The molecule has 0 unspecified atom stereocenters. The molecule has 3 heterocycles. The van der Waals surface area contributed by atoms with Gasteiger partial charge in [0.1, 0.15) is 0 Å². The summed E-state index contributed by atoms with van der Waals surface area (Å²) in [7, 11) is 1.48. The molecule has 0 aliphatic carbocycles. The molecule has 2 saturated heterocycles. The first-order valence-corrected chi connectivity index (χ1v) is 8.56. The first kappa shape index (κ1) is 16.4. The summed E-state index contributed by atoms with van der Waals surface area (Å²) < 4.78 is 4.85. The van der Waals surface area contributed by atoms with Gasteiger partial charge < -0.3 is 10.1 Å². The van der Waals surface area contributed by atoms with Crippen molar-refractivity contribution in [1.82, 2.24) is 15.2 Å². The number of carbonyl (C=O) groups is 1. The average molecular weight is 317 g/mol. The third kappa shape index (κ3) is 3.56. The van der Waals surface area contributed by atoms with Crippen LogP contribution in [0.2, 0.25) is 0 Å². The summed E-state index contributed by atoms with van der Waals surface area (Å²) in [6.07, 6.45) is 1.77. The molecule has 0 radical (unpaired) electrons. The van der Waals surface area contributed by atoms with Gasteiger partial charge in [-0.05, 0) is 50.9 Å². The number of pyridine rings is 1. The van der Waals surface area contributed by atoms with Gasteiger partial charge in [0.15, 0.2) is 0 Å². The van der Waals surface area contributed by atoms with Crippen molar-refractivity contribution in [3.8, 4) is 0 Å². The van der Waals surface area contributed by atoms with Gasteiger partial charge in [0.2, 0.25) is 0 Å². The van der Waals surface area contributed by atoms with E-state index in [0.29, 0.717) is 5.92 Å². The zero-order valence-electron chi connectivity index (χ0n) is 14.4. The number of aromatic nitrogens is 1. The lowest BCUT2D eigenvalue weighted by Crippen LogP contribution is -2.40. The molecular weight excluding hydrogens is 290 g/mol. The lowest BCUT2D eigenvalue weighted by Gasteiger charge is -2.32. The maximum Gasteiger partial charge on any atom is 0.308 e. The first-order valence-electron chi connectivity index (χ1n) is 8.56. The predicted octanol–water partition coefficient (Wildman–Crippen LogP) is 1.77. The molecule has 2 fully saturated rings. The Bertz CT molecular complexity index is 576. The molecule has 0 aromatic carbocycles. The van der Waals surface area contributed by atoms with E-state index in [1.54, 1.807) is 0 Å². The topological polar surface area (TPSA) is 54.5 Å². The molecular formula is C18H27N3O2. The fourth-order valence-electron chi connectivity index (χ4n) is 3.56. The quantitative estimate of drug-likeness (QED) is 0.858. The van der Waals surface area contributed by atoms with E-state index in [-0.39, 0.29) is 11.9 Å². The molecule has 1 N–H and O–H groups in total. The summed E-state index contributed by atoms with van der Waals surface area (Å²) in [4.78, 5) is 18.9. The van der Waals surface area contributed by atoms with E-state index in [1.807, 2.05) is 0 Å². The van der Waals surface area contributed by atoms with Crippen molar-refractivity contribution in [3.05, 3.63) is 28.6 Å². The maximum absolute atomic E-state index is 11.6. The fraction of sp³-hybridized carbons (Fsp3) is 0.667. The minimum absolute atomic E-state index is 0.0618. The van der Waals surface area contributed by atoms with Crippen LogP contribution in [0.15, 0.2) is 6.07 Å². The number of ether oxygens (including phenoxy) is 1. The zero-order chi connectivity index (χ0) is 16.4. The number of carbonyl (C=O) groups excluding carboxylic acids is 1. The molecule has 3 rings (SSSR count). The second kappa shape index (κ2) is 6.97. The standard InChI is InChI=1S/C18H27N3O2/c1-12-8-16(15-9-19-10-15)13(2)20-17(12)11-21-6-4-14(5-7-21)18(22)23-3/h8,14-15,19H,4-7,9-11H2,1-3H3. The number of aryl methyl sites for hydroxylation is 2. The lowest BCUT2D eigenvalue weighted by molar-refractivity contribution is -0.147. The average Bonchev–Trinajstić information content (AvgIpc) is 2.50. The third-order valence-electron chi connectivity index (χ3n) is 5.26. The van der Waals surface area contributed by atoms with Crippen molar-refractivity contribution in [1.29, 1.82) is 0 Å². The minimum atomic E-state index is -0.0618. The van der Waals surface area contributed by atoms with Gasteiger partial charge in [-0.3, -0.25) is 14.7 Å². The van der Waals surface area contributed by atoms with Gasteiger partial charge in [-0.25, -0.2) is 0 Å². The molecule has 0 saturated carbocycles. The Kier molecular flexibility index (Phi) is 4.97. The van der Waals surface area contributed by atoms with Crippen LogP contribution in [0.5, 0.6) is 0 Å². The Morgan fingerprint density at radius 2 is 2.04 bits per heavy atom. The zero-order valence-corrected chi connectivity index (χ0v) is 14.4. The second-order valence-electron chi connectivity index (χ2n) is 6.86. The summed E-state index contributed by atoms with van der Waals surface area (Å²) in [5, 5.41) is 3.33. The number of methoxy groups -OCH3 is 1. The van der Waals surface area contributed by atoms with Crippen LogP contribution in [0.1, 0.15) is 41.3 Å². The van der Waals surface area contributed by atoms with Crippen molar-refractivity contribution in [2.24, 2.45) is 5.92 Å². The minimum Gasteiger partial charge on any atom is -0.469 e. The Hall–Kier alpha value is -1.46. The van der Waals surface area contributed by atoms with E-state index in [9.17, 15) is 4.79 Å². The number of rotatable bonds is 4. The van der Waals surface area contributed by atoms with E-state index < -0.39 is 0 Å². The molecule has 1 aromatic heterocycles. The predicted molar refractivity (Wildman–Crippen MR) is 89.3 cm³/mol. The van der Waals surface area contributed by atoms with Crippen LogP contribution in [0, 0.1) is 19.8 Å². The molecule has 2 aliphatic rings. The Labute approximate surface area is 138 Å². The van der Waals surface area contributed by atoms with Gasteiger partial charge in [-0.2, -0.15) is 0 Å². The molecule has 5 heteroatoms. The van der Waals surface area contributed by atoms with E-state index in [0.717, 1.165) is 45.6 Å². The number of likely N-dealkylation sites (tertiary alicyclic amines) is 1. The van der Waals surface area contributed by atoms with Crippen LogP contribution in [0.4, 0.5) is 0 Å². The molecule has 0 spiro atoms. The first-order chi connectivity index (χ1) is 11.1. The molecule has 5 nitrogen and oxygen atoms in total. The van der Waals surface area contributed by atoms with E-state index in [1.165, 1.54) is 29.6 Å². The number of esters is 1. The van der Waals surface area contributed by atoms with Crippen molar-refractivity contribution in [2.45, 2.75) is 39.2 Å². The summed E-state index contributed by atoms with van der Waals surface area (Å²) in [5.74, 6) is 0.639. The van der Waals surface area contributed by atoms with Crippen LogP contribution >= 0.6 is 0 Å². The molecule has 0 amide bonds. The van der Waals surface area contributed by atoms with Crippen molar-refractivity contribution in [3.63, 3.8) is 0 Å². The van der Waals surface area contributed by atoms with Crippen LogP contribution < -0.4 is 5.32 Å². The smallest absolute Gasteiger partial charge is 0.308 e. The summed E-state index contributed by atoms with van der Waals surface area (Å²) in [6, 6.07) is 2.32. The number of nitrogens with one attached hydrogen (secondary N) is 1. The normalized spacial score (nSPS) is 20.3. The van der Waals surface area contributed by atoms with Crippen LogP contribution in [-0.2, 0) is 16.1 Å². The SMILES string of the molecule is COC(=O)C1CCN(Cc2nc(C)c(C3CNC3)cc2C)CC1. The molecule has 126 valence electrons. The van der Waals surface area contributed by atoms with E-state index >= 15 is 0 Å². The van der Waals surface area contributed by atoms with Gasteiger partial charge >= 0.3 is 5.97 Å². The largest absolute Gasteiger partial charge is 0.469 e. The lowest BCUT2D eigenvalue weighted by atomic mass is 9.91. The highest BCUT2D eigenvalue weighted by molar-refractivity contribution is 5.72. The molecule has 2 aliphatic heterocycles. The van der Waals surface area contributed by atoms with Crippen molar-refractivity contribution in [2.75, 3.05) is 33.3 Å². The summed E-state index contributed by atoms with van der Waals surface area (Å²) in [5.41, 5.74) is 5.03. The Morgan fingerprint density at radius 3 is 2.61 bits per heavy atom. The number of hydrogen-bond donors (Lipinski definition) is 1. The summed E-state index contributed by atoms with van der Waals surface area (Å²) >= 11 is 0. The fourth-order valence-corrected chi connectivity index (χ4v) is 3.56. The van der Waals surface area contributed by atoms with Gasteiger partial charge in [-0.15, -0.1) is 0 Å². The van der Waals surface area contributed by atoms with E-state index in [4.69, 9.17) is 9.72 Å². The molecule has 0 atom stereocenters. The highest BCUT2D eigenvalue weighted by atomic mass is 16.5. The Morgan fingerprint density at radius 1 is 1.35 bits per heavy atom. The van der Waals surface area contributed by atoms with Gasteiger partial charge in [0, 0.05) is 31.2 Å². The summed E-state index contributed by atoms with van der Waals surface area (Å²) in [6.45, 7) is 9.19. The highest BCUT2D eigenvalue weighted by Gasteiger charge is 2.26. The number of nitrogens with zero attached hydrogens (tertiary/aromatic N) is 2. The molecule has 1 aromatic rings. The van der Waals surface area contributed by atoms with Crippen LogP contribution in [-0.4, -0.2) is 49.1 Å². The van der Waals surface area contributed by atoms with Gasteiger partial charge in [-0.1, -0.05) is 6.07 Å². The highest BCUT2D eigenvalue weighted by Crippen LogP contribution is 2.26. The number of piperidine rings is 1. The van der Waals surface area contributed by atoms with E-state index in [2.05, 4.69) is 30.1 Å². The molecule has 0 bridgehead atoms. The van der Waals surface area contributed by atoms with Crippen LogP contribution in [0.25, 0.3) is 0 Å². The monoisotopic (exact) mass is 317 g/mol. The van der Waals surface area contributed by atoms with Crippen molar-refractivity contribution >= 4 is 5.97 Å². The Balaban J connectivity index is 1.62.